The number of H-pyrrole nitrogens is 1. The molecule has 1 N–H and O–H groups in total. The van der Waals surface area contributed by atoms with Crippen molar-refractivity contribution >= 4 is 32.9 Å². The van der Waals surface area contributed by atoms with Gasteiger partial charge in [0.05, 0.1) is 5.52 Å². The van der Waals surface area contributed by atoms with Crippen molar-refractivity contribution < 1.29 is 0 Å². The van der Waals surface area contributed by atoms with Crippen LogP contribution in [0.1, 0.15) is 0 Å². The van der Waals surface area contributed by atoms with Crippen LogP contribution in [0, 0.1) is 0 Å². The molecule has 0 atom stereocenters. The van der Waals surface area contributed by atoms with E-state index in [1.165, 1.54) is 0 Å². The molecule has 3 rings (SSSR count). The Hall–Kier alpha value is -1.88. The van der Waals surface area contributed by atoms with Crippen molar-refractivity contribution in [3.8, 4) is 11.4 Å². The number of rotatable bonds is 2. The topological polar surface area (TPSA) is 44.8 Å². The van der Waals surface area contributed by atoms with E-state index in [1.807, 2.05) is 55.4 Å². The molecule has 1 aromatic carbocycles. The average molecular weight is 317 g/mol. The fourth-order valence-corrected chi connectivity index (χ4v) is 2.14. The van der Waals surface area contributed by atoms with Gasteiger partial charge in [0, 0.05) is 24.1 Å². The summed E-state index contributed by atoms with van der Waals surface area (Å²) in [6, 6.07) is 12.0. The summed E-state index contributed by atoms with van der Waals surface area (Å²) >= 11 is 3.43. The number of aromatic nitrogens is 3. The Morgan fingerprint density at radius 3 is 2.42 bits per heavy atom. The first-order chi connectivity index (χ1) is 9.13. The van der Waals surface area contributed by atoms with Crippen molar-refractivity contribution in [2.75, 3.05) is 19.0 Å². The second kappa shape index (κ2) is 4.66. The van der Waals surface area contributed by atoms with Crippen LogP contribution >= 0.6 is 15.9 Å². The molecular formula is C14H13BrN4. The maximum absolute atomic E-state index is 4.55. The van der Waals surface area contributed by atoms with Crippen molar-refractivity contribution in [3.63, 3.8) is 0 Å². The number of nitrogens with one attached hydrogen (secondary N) is 1. The van der Waals surface area contributed by atoms with Gasteiger partial charge in [-0.3, -0.25) is 0 Å². The lowest BCUT2D eigenvalue weighted by Gasteiger charge is -2.09. The first-order valence-corrected chi connectivity index (χ1v) is 6.73. The first-order valence-electron chi connectivity index (χ1n) is 5.93. The normalized spacial score (nSPS) is 10.9. The molecule has 19 heavy (non-hydrogen) atoms. The number of benzene rings is 1. The molecule has 2 aromatic heterocycles. The van der Waals surface area contributed by atoms with E-state index in [0.29, 0.717) is 0 Å². The maximum Gasteiger partial charge on any atom is 0.180 e. The second-order valence-corrected chi connectivity index (χ2v) is 5.44. The van der Waals surface area contributed by atoms with Gasteiger partial charge in [-0.25, -0.2) is 9.97 Å². The van der Waals surface area contributed by atoms with E-state index in [4.69, 9.17) is 0 Å². The van der Waals surface area contributed by atoms with Crippen LogP contribution in [-0.2, 0) is 0 Å². The third kappa shape index (κ3) is 2.33. The van der Waals surface area contributed by atoms with E-state index in [-0.39, 0.29) is 0 Å². The van der Waals surface area contributed by atoms with Crippen LogP contribution in [-0.4, -0.2) is 29.0 Å². The Kier molecular flexibility index (Phi) is 2.98. The summed E-state index contributed by atoms with van der Waals surface area (Å²) in [6.07, 6.45) is 0. The molecular weight excluding hydrogens is 304 g/mol. The minimum absolute atomic E-state index is 0.740. The van der Waals surface area contributed by atoms with Crippen molar-refractivity contribution in [3.05, 3.63) is 40.9 Å². The number of anilines is 1. The van der Waals surface area contributed by atoms with Gasteiger partial charge in [0.15, 0.2) is 5.65 Å². The van der Waals surface area contributed by atoms with Gasteiger partial charge in [-0.2, -0.15) is 0 Å². The zero-order valence-corrected chi connectivity index (χ0v) is 12.3. The Labute approximate surface area is 119 Å². The van der Waals surface area contributed by atoms with Crippen molar-refractivity contribution in [2.24, 2.45) is 0 Å². The van der Waals surface area contributed by atoms with Gasteiger partial charge in [-0.15, -0.1) is 0 Å². The predicted molar refractivity (Wildman–Crippen MR) is 81.4 cm³/mol. The largest absolute Gasteiger partial charge is 0.363 e. The SMILES string of the molecule is CN(C)c1ccc2[nH]c(-c3ccc(Br)cc3)nc2n1. The third-order valence-corrected chi connectivity index (χ3v) is 3.44. The number of imidazole rings is 1. The standard InChI is InChI=1S/C14H13BrN4/c1-19(2)12-8-7-11-14(17-12)18-13(16-11)9-3-5-10(15)6-4-9/h3-8H,1-2H3,(H,16,17,18). The van der Waals surface area contributed by atoms with E-state index in [0.717, 1.165) is 32.8 Å². The molecule has 0 spiro atoms. The minimum Gasteiger partial charge on any atom is -0.363 e. The van der Waals surface area contributed by atoms with Crippen molar-refractivity contribution in [2.45, 2.75) is 0 Å². The Bertz CT molecular complexity index is 716. The highest BCUT2D eigenvalue weighted by atomic mass is 79.9. The quantitative estimate of drug-likeness (QED) is 0.787. The molecule has 0 aliphatic heterocycles. The zero-order valence-electron chi connectivity index (χ0n) is 10.7. The van der Waals surface area contributed by atoms with E-state index < -0.39 is 0 Å². The van der Waals surface area contributed by atoms with Gasteiger partial charge in [0.2, 0.25) is 0 Å². The van der Waals surface area contributed by atoms with Gasteiger partial charge in [0.25, 0.3) is 0 Å². The summed E-state index contributed by atoms with van der Waals surface area (Å²) in [6.45, 7) is 0. The Morgan fingerprint density at radius 2 is 1.74 bits per heavy atom. The van der Waals surface area contributed by atoms with Gasteiger partial charge in [-0.05, 0) is 24.3 Å². The molecule has 0 amide bonds. The average Bonchev–Trinajstić information content (AvgIpc) is 2.82. The Balaban J connectivity index is 2.08. The Morgan fingerprint density at radius 1 is 1.00 bits per heavy atom. The highest BCUT2D eigenvalue weighted by Gasteiger charge is 2.07. The second-order valence-electron chi connectivity index (χ2n) is 4.53. The van der Waals surface area contributed by atoms with Crippen LogP contribution in [0.4, 0.5) is 5.82 Å². The van der Waals surface area contributed by atoms with E-state index in [1.54, 1.807) is 0 Å². The molecule has 96 valence electrons. The lowest BCUT2D eigenvalue weighted by molar-refractivity contribution is 1.08. The molecule has 2 heterocycles. The summed E-state index contributed by atoms with van der Waals surface area (Å²) < 4.78 is 1.06. The molecule has 5 heteroatoms. The number of hydrogen-bond donors (Lipinski definition) is 1. The number of halogens is 1. The van der Waals surface area contributed by atoms with Crippen molar-refractivity contribution in [1.82, 2.24) is 15.0 Å². The fraction of sp³-hybridized carbons (Fsp3) is 0.143. The highest BCUT2D eigenvalue weighted by Crippen LogP contribution is 2.22. The van der Waals surface area contributed by atoms with E-state index in [9.17, 15) is 0 Å². The molecule has 0 bridgehead atoms. The lowest BCUT2D eigenvalue weighted by atomic mass is 10.2. The molecule has 3 aromatic rings. The zero-order chi connectivity index (χ0) is 13.4. The number of hydrogen-bond acceptors (Lipinski definition) is 3. The van der Waals surface area contributed by atoms with Gasteiger partial charge in [-0.1, -0.05) is 28.1 Å². The third-order valence-electron chi connectivity index (χ3n) is 2.91. The van der Waals surface area contributed by atoms with Crippen LogP contribution in [0.25, 0.3) is 22.6 Å². The molecule has 0 unspecified atom stereocenters. The molecule has 0 saturated carbocycles. The fourth-order valence-electron chi connectivity index (χ4n) is 1.88. The van der Waals surface area contributed by atoms with E-state index >= 15 is 0 Å². The molecule has 4 nitrogen and oxygen atoms in total. The summed E-state index contributed by atoms with van der Waals surface area (Å²) in [5.41, 5.74) is 2.74. The molecule has 0 saturated heterocycles. The first kappa shape index (κ1) is 12.2. The number of pyridine rings is 1. The van der Waals surface area contributed by atoms with Gasteiger partial charge >= 0.3 is 0 Å². The molecule has 0 radical (unpaired) electrons. The van der Waals surface area contributed by atoms with Crippen LogP contribution < -0.4 is 4.90 Å². The molecule has 0 aliphatic rings. The molecule has 0 aliphatic carbocycles. The summed E-state index contributed by atoms with van der Waals surface area (Å²) in [7, 11) is 3.94. The molecule has 0 fully saturated rings. The maximum atomic E-state index is 4.55. The van der Waals surface area contributed by atoms with Crippen LogP contribution in [0.2, 0.25) is 0 Å². The monoisotopic (exact) mass is 316 g/mol. The number of nitrogens with zero attached hydrogens (tertiary/aromatic N) is 3. The van der Waals surface area contributed by atoms with Crippen molar-refractivity contribution in [1.29, 1.82) is 0 Å². The van der Waals surface area contributed by atoms with Gasteiger partial charge in [0.1, 0.15) is 11.6 Å². The lowest BCUT2D eigenvalue weighted by Crippen LogP contribution is -2.10. The summed E-state index contributed by atoms with van der Waals surface area (Å²) in [5.74, 6) is 1.74. The van der Waals surface area contributed by atoms with Crippen LogP contribution in [0.5, 0.6) is 0 Å². The van der Waals surface area contributed by atoms with Crippen LogP contribution in [0.15, 0.2) is 40.9 Å². The highest BCUT2D eigenvalue weighted by molar-refractivity contribution is 9.10. The minimum atomic E-state index is 0.740. The number of fused-ring (bicyclic) bond motifs is 1. The number of aromatic amines is 1. The van der Waals surface area contributed by atoms with Crippen LogP contribution in [0.3, 0.4) is 0 Å². The smallest absolute Gasteiger partial charge is 0.180 e. The predicted octanol–water partition coefficient (Wildman–Crippen LogP) is 3.45. The van der Waals surface area contributed by atoms with E-state index in [2.05, 4.69) is 30.9 Å². The summed E-state index contributed by atoms with van der Waals surface area (Å²) in [4.78, 5) is 14.3. The summed E-state index contributed by atoms with van der Waals surface area (Å²) in [5, 5.41) is 0. The van der Waals surface area contributed by atoms with Gasteiger partial charge < -0.3 is 9.88 Å².